The number of esters is 1. The summed E-state index contributed by atoms with van der Waals surface area (Å²) in [5.74, 6) is 0.245. The number of nitrogens with zero attached hydrogens (tertiary/aromatic N) is 1. The number of thiazole rings is 1. The van der Waals surface area contributed by atoms with Gasteiger partial charge in [0.25, 0.3) is 5.91 Å². The van der Waals surface area contributed by atoms with Crippen LogP contribution < -0.4 is 24.3 Å². The molecule has 0 aliphatic heterocycles. The van der Waals surface area contributed by atoms with Crippen LogP contribution in [0.2, 0.25) is 0 Å². The summed E-state index contributed by atoms with van der Waals surface area (Å²) in [6, 6.07) is 8.43. The Morgan fingerprint density at radius 3 is 2.40 bits per heavy atom. The van der Waals surface area contributed by atoms with Gasteiger partial charge in [-0.05, 0) is 30.3 Å². The summed E-state index contributed by atoms with van der Waals surface area (Å²) < 4.78 is 26.8. The first kappa shape index (κ1) is 21.2. The van der Waals surface area contributed by atoms with Gasteiger partial charge in [0.2, 0.25) is 5.75 Å². The van der Waals surface area contributed by atoms with Crippen molar-refractivity contribution in [2.24, 2.45) is 0 Å². The van der Waals surface area contributed by atoms with Crippen LogP contribution in [0.3, 0.4) is 0 Å². The van der Waals surface area contributed by atoms with E-state index in [1.165, 1.54) is 38.7 Å². The first-order valence-electron chi connectivity index (χ1n) is 8.71. The Morgan fingerprint density at radius 1 is 0.967 bits per heavy atom. The molecule has 0 bridgehead atoms. The molecule has 158 valence electrons. The van der Waals surface area contributed by atoms with Crippen LogP contribution in [-0.4, -0.2) is 51.9 Å². The third kappa shape index (κ3) is 4.38. The van der Waals surface area contributed by atoms with Crippen molar-refractivity contribution in [1.29, 1.82) is 0 Å². The SMILES string of the molecule is COc1ccc2nc(NC(=O)COC(=O)c3ccc(OC)c(OC)c3OC)sc2c1. The number of ether oxygens (including phenoxy) is 5. The number of benzene rings is 2. The van der Waals surface area contributed by atoms with E-state index in [1.54, 1.807) is 25.3 Å². The van der Waals surface area contributed by atoms with E-state index in [2.05, 4.69) is 10.3 Å². The summed E-state index contributed by atoms with van der Waals surface area (Å²) in [4.78, 5) is 29.0. The lowest BCUT2D eigenvalue weighted by Gasteiger charge is -2.15. The molecular weight excluding hydrogens is 412 g/mol. The lowest BCUT2D eigenvalue weighted by atomic mass is 10.1. The molecule has 0 aliphatic carbocycles. The third-order valence-electron chi connectivity index (χ3n) is 4.10. The van der Waals surface area contributed by atoms with Crippen LogP contribution in [0.5, 0.6) is 23.0 Å². The third-order valence-corrected chi connectivity index (χ3v) is 5.03. The van der Waals surface area contributed by atoms with Gasteiger partial charge in [-0.3, -0.25) is 10.1 Å². The normalized spacial score (nSPS) is 10.4. The van der Waals surface area contributed by atoms with E-state index < -0.39 is 18.5 Å². The summed E-state index contributed by atoms with van der Waals surface area (Å²) in [7, 11) is 5.86. The Kier molecular flexibility index (Phi) is 6.58. The predicted octanol–water partition coefficient (Wildman–Crippen LogP) is 3.13. The molecule has 0 unspecified atom stereocenters. The van der Waals surface area contributed by atoms with Gasteiger partial charge in [-0.15, -0.1) is 0 Å². The smallest absolute Gasteiger partial charge is 0.342 e. The van der Waals surface area contributed by atoms with E-state index in [0.29, 0.717) is 16.6 Å². The highest BCUT2D eigenvalue weighted by molar-refractivity contribution is 7.22. The molecule has 1 N–H and O–H groups in total. The summed E-state index contributed by atoms with van der Waals surface area (Å²) in [5, 5.41) is 3.01. The number of amides is 1. The Hall–Kier alpha value is -3.53. The summed E-state index contributed by atoms with van der Waals surface area (Å²) in [6.07, 6.45) is 0. The summed E-state index contributed by atoms with van der Waals surface area (Å²) >= 11 is 1.29. The van der Waals surface area contributed by atoms with Crippen molar-refractivity contribution in [2.45, 2.75) is 0 Å². The number of hydrogen-bond acceptors (Lipinski definition) is 9. The number of carbonyl (C=O) groups excluding carboxylic acids is 2. The van der Waals surface area contributed by atoms with E-state index in [1.807, 2.05) is 6.07 Å². The molecule has 0 aliphatic rings. The Labute approximate surface area is 176 Å². The maximum absolute atomic E-state index is 12.5. The maximum atomic E-state index is 12.5. The first-order chi connectivity index (χ1) is 14.5. The minimum Gasteiger partial charge on any atom is -0.497 e. The van der Waals surface area contributed by atoms with Gasteiger partial charge in [-0.2, -0.15) is 0 Å². The van der Waals surface area contributed by atoms with Gasteiger partial charge in [-0.1, -0.05) is 11.3 Å². The largest absolute Gasteiger partial charge is 0.497 e. The molecule has 30 heavy (non-hydrogen) atoms. The molecule has 1 amide bonds. The highest BCUT2D eigenvalue weighted by Crippen LogP contribution is 2.40. The van der Waals surface area contributed by atoms with Crippen molar-refractivity contribution in [3.8, 4) is 23.0 Å². The lowest BCUT2D eigenvalue weighted by molar-refractivity contribution is -0.119. The van der Waals surface area contributed by atoms with Crippen LogP contribution in [0.15, 0.2) is 30.3 Å². The molecule has 0 saturated heterocycles. The Morgan fingerprint density at radius 2 is 1.73 bits per heavy atom. The van der Waals surface area contributed by atoms with Crippen LogP contribution in [-0.2, 0) is 9.53 Å². The van der Waals surface area contributed by atoms with Crippen molar-refractivity contribution in [1.82, 2.24) is 4.98 Å². The molecule has 3 rings (SSSR count). The maximum Gasteiger partial charge on any atom is 0.342 e. The summed E-state index contributed by atoms with van der Waals surface area (Å²) in [5.41, 5.74) is 0.832. The van der Waals surface area contributed by atoms with Crippen molar-refractivity contribution < 1.29 is 33.3 Å². The topological polar surface area (TPSA) is 105 Å². The second-order valence-corrected chi connectivity index (χ2v) is 6.89. The van der Waals surface area contributed by atoms with E-state index in [9.17, 15) is 9.59 Å². The fraction of sp³-hybridized carbons (Fsp3) is 0.250. The minimum atomic E-state index is -0.739. The van der Waals surface area contributed by atoms with E-state index in [0.717, 1.165) is 10.2 Å². The fourth-order valence-electron chi connectivity index (χ4n) is 2.71. The molecule has 2 aromatic carbocycles. The van der Waals surface area contributed by atoms with Crippen molar-refractivity contribution in [2.75, 3.05) is 40.4 Å². The number of rotatable bonds is 8. The van der Waals surface area contributed by atoms with Crippen molar-refractivity contribution in [3.05, 3.63) is 35.9 Å². The molecule has 0 atom stereocenters. The Bertz CT molecular complexity index is 1080. The van der Waals surface area contributed by atoms with E-state index in [-0.39, 0.29) is 17.1 Å². The summed E-state index contributed by atoms with van der Waals surface area (Å²) in [6.45, 7) is -0.490. The van der Waals surface area contributed by atoms with Gasteiger partial charge in [0, 0.05) is 0 Å². The molecule has 0 spiro atoms. The zero-order valence-electron chi connectivity index (χ0n) is 16.8. The molecule has 0 radical (unpaired) electrons. The highest BCUT2D eigenvalue weighted by atomic mass is 32.1. The van der Waals surface area contributed by atoms with Crippen LogP contribution in [0.1, 0.15) is 10.4 Å². The molecule has 1 heterocycles. The second-order valence-electron chi connectivity index (χ2n) is 5.86. The zero-order valence-corrected chi connectivity index (χ0v) is 17.6. The zero-order chi connectivity index (χ0) is 21.7. The predicted molar refractivity (Wildman–Crippen MR) is 111 cm³/mol. The monoisotopic (exact) mass is 432 g/mol. The molecule has 1 aromatic heterocycles. The number of hydrogen-bond donors (Lipinski definition) is 1. The molecule has 3 aromatic rings. The molecule has 10 heteroatoms. The number of fused-ring (bicyclic) bond motifs is 1. The van der Waals surface area contributed by atoms with Crippen molar-refractivity contribution in [3.63, 3.8) is 0 Å². The number of nitrogens with one attached hydrogen (secondary N) is 1. The van der Waals surface area contributed by atoms with Crippen LogP contribution in [0.4, 0.5) is 5.13 Å². The van der Waals surface area contributed by atoms with E-state index >= 15 is 0 Å². The average Bonchev–Trinajstić information content (AvgIpc) is 3.17. The fourth-order valence-corrected chi connectivity index (χ4v) is 3.62. The minimum absolute atomic E-state index is 0.107. The van der Waals surface area contributed by atoms with E-state index in [4.69, 9.17) is 23.7 Å². The van der Waals surface area contributed by atoms with Crippen molar-refractivity contribution >= 4 is 38.6 Å². The van der Waals surface area contributed by atoms with Gasteiger partial charge >= 0.3 is 5.97 Å². The van der Waals surface area contributed by atoms with Crippen LogP contribution in [0.25, 0.3) is 10.2 Å². The quantitative estimate of drug-likeness (QED) is 0.542. The van der Waals surface area contributed by atoms with Gasteiger partial charge in [0.1, 0.15) is 11.3 Å². The van der Waals surface area contributed by atoms with Crippen LogP contribution >= 0.6 is 11.3 Å². The van der Waals surface area contributed by atoms with Gasteiger partial charge in [-0.25, -0.2) is 9.78 Å². The number of aromatic nitrogens is 1. The van der Waals surface area contributed by atoms with Crippen LogP contribution in [0, 0.1) is 0 Å². The lowest BCUT2D eigenvalue weighted by Crippen LogP contribution is -2.21. The standard InChI is InChI=1S/C20H20N2O7S/c1-25-11-5-7-13-15(9-11)30-20(21-13)22-16(23)10-29-19(24)12-6-8-14(26-2)18(28-4)17(12)27-3/h5-9H,10H2,1-4H3,(H,21,22,23). The molecule has 9 nitrogen and oxygen atoms in total. The average molecular weight is 432 g/mol. The van der Waals surface area contributed by atoms with Gasteiger partial charge in [0.05, 0.1) is 38.7 Å². The van der Waals surface area contributed by atoms with Gasteiger partial charge < -0.3 is 23.7 Å². The second kappa shape index (κ2) is 9.31. The highest BCUT2D eigenvalue weighted by Gasteiger charge is 2.22. The molecular formula is C20H20N2O7S. The molecule has 0 saturated carbocycles. The first-order valence-corrected chi connectivity index (χ1v) is 9.52. The molecule has 0 fully saturated rings. The number of carbonyl (C=O) groups is 2. The number of anilines is 1. The number of methoxy groups -OCH3 is 4. The van der Waals surface area contributed by atoms with Gasteiger partial charge in [0.15, 0.2) is 23.2 Å². The Balaban J connectivity index is 1.67.